The predicted octanol–water partition coefficient (Wildman–Crippen LogP) is 6.18. The number of allylic oxidation sites excluding steroid dienone is 1. The van der Waals surface area contributed by atoms with Crippen molar-refractivity contribution < 1.29 is 0 Å². The van der Waals surface area contributed by atoms with Crippen molar-refractivity contribution in [1.82, 2.24) is 0 Å². The maximum absolute atomic E-state index is 3.76. The fourth-order valence-corrected chi connectivity index (χ4v) is 2.66. The van der Waals surface area contributed by atoms with Gasteiger partial charge in [-0.15, -0.1) is 6.58 Å². The molecule has 0 fully saturated rings. The van der Waals surface area contributed by atoms with Gasteiger partial charge in [0.2, 0.25) is 0 Å². The Morgan fingerprint density at radius 3 is 1.72 bits per heavy atom. The fraction of sp³-hybridized carbons (Fsp3) is 0.120. The Kier molecular flexibility index (Phi) is 5.50. The Morgan fingerprint density at radius 1 is 0.720 bits per heavy atom. The van der Waals surface area contributed by atoms with Gasteiger partial charge in [0.05, 0.1) is 0 Å². The molecule has 0 aliphatic carbocycles. The van der Waals surface area contributed by atoms with E-state index in [-0.39, 0.29) is 0 Å². The van der Waals surface area contributed by atoms with Crippen molar-refractivity contribution in [2.75, 3.05) is 0 Å². The van der Waals surface area contributed by atoms with E-state index >= 15 is 0 Å². The minimum Gasteiger partial charge on any atom is -0.103 e. The Bertz CT molecular complexity index is 883. The van der Waals surface area contributed by atoms with E-state index in [1.54, 1.807) is 0 Å². The van der Waals surface area contributed by atoms with Crippen LogP contribution < -0.4 is 0 Å². The van der Waals surface area contributed by atoms with Crippen molar-refractivity contribution in [1.29, 1.82) is 0 Å². The van der Waals surface area contributed by atoms with E-state index in [1.807, 2.05) is 6.08 Å². The zero-order chi connectivity index (χ0) is 17.5. The van der Waals surface area contributed by atoms with Crippen LogP contribution in [-0.2, 0) is 6.42 Å². The zero-order valence-electron chi connectivity index (χ0n) is 14.6. The molecule has 0 N–H and O–H groups in total. The van der Waals surface area contributed by atoms with Crippen molar-refractivity contribution in [2.45, 2.75) is 19.8 Å². The Balaban J connectivity index is 1.70. The minimum absolute atomic E-state index is 1.01. The van der Waals surface area contributed by atoms with E-state index in [4.69, 9.17) is 0 Å². The third-order valence-electron chi connectivity index (χ3n) is 4.21. The lowest BCUT2D eigenvalue weighted by molar-refractivity contribution is 1.00. The molecule has 0 saturated carbocycles. The van der Waals surface area contributed by atoms with E-state index in [0.717, 1.165) is 24.0 Å². The highest BCUT2D eigenvalue weighted by Crippen LogP contribution is 2.20. The molecule has 25 heavy (non-hydrogen) atoms. The van der Waals surface area contributed by atoms with E-state index in [0.29, 0.717) is 0 Å². The van der Waals surface area contributed by atoms with Crippen molar-refractivity contribution in [3.8, 4) is 23.0 Å². The van der Waals surface area contributed by atoms with Crippen LogP contribution in [0.2, 0.25) is 0 Å². The number of hydrogen-bond donors (Lipinski definition) is 0. The smallest absolute Gasteiger partial charge is 0.0249 e. The van der Waals surface area contributed by atoms with Crippen molar-refractivity contribution in [3.05, 3.63) is 108 Å². The molecule has 0 aliphatic rings. The monoisotopic (exact) mass is 322 g/mol. The van der Waals surface area contributed by atoms with Gasteiger partial charge in [0.15, 0.2) is 0 Å². The summed E-state index contributed by atoms with van der Waals surface area (Å²) in [5.41, 5.74) is 7.14. The normalized spacial score (nSPS) is 9.96. The van der Waals surface area contributed by atoms with Crippen molar-refractivity contribution in [3.63, 3.8) is 0 Å². The van der Waals surface area contributed by atoms with Gasteiger partial charge in [-0.05, 0) is 60.7 Å². The van der Waals surface area contributed by atoms with Gasteiger partial charge in [0, 0.05) is 11.1 Å². The predicted molar refractivity (Wildman–Crippen MR) is 108 cm³/mol. The molecular formula is C25H22. The highest BCUT2D eigenvalue weighted by molar-refractivity contribution is 5.64. The first-order valence-electron chi connectivity index (χ1n) is 8.63. The lowest BCUT2D eigenvalue weighted by atomic mass is 10.0. The zero-order valence-corrected chi connectivity index (χ0v) is 14.6. The number of benzene rings is 3. The Morgan fingerprint density at radius 2 is 1.20 bits per heavy atom. The van der Waals surface area contributed by atoms with Crippen LogP contribution in [0.25, 0.3) is 11.1 Å². The molecule has 0 radical (unpaired) electrons. The maximum atomic E-state index is 3.76. The van der Waals surface area contributed by atoms with Crippen LogP contribution in [0.4, 0.5) is 0 Å². The Labute approximate surface area is 150 Å². The van der Waals surface area contributed by atoms with E-state index in [9.17, 15) is 0 Å². The van der Waals surface area contributed by atoms with Crippen LogP contribution in [0.15, 0.2) is 85.5 Å². The molecule has 0 aliphatic heterocycles. The number of hydrogen-bond acceptors (Lipinski definition) is 0. The van der Waals surface area contributed by atoms with Gasteiger partial charge in [-0.2, -0.15) is 0 Å². The number of aryl methyl sites for hydroxylation is 2. The molecule has 122 valence electrons. The molecule has 0 heterocycles. The summed E-state index contributed by atoms with van der Waals surface area (Å²) in [7, 11) is 0. The molecule has 0 amide bonds. The average molecular weight is 322 g/mol. The summed E-state index contributed by atoms with van der Waals surface area (Å²) in [4.78, 5) is 0. The molecule has 0 nitrogen and oxygen atoms in total. The second-order valence-electron chi connectivity index (χ2n) is 6.22. The first-order valence-corrected chi connectivity index (χ1v) is 8.63. The van der Waals surface area contributed by atoms with Crippen LogP contribution in [0.5, 0.6) is 0 Å². The van der Waals surface area contributed by atoms with Crippen molar-refractivity contribution >= 4 is 0 Å². The van der Waals surface area contributed by atoms with Crippen LogP contribution in [0, 0.1) is 18.8 Å². The largest absolute Gasteiger partial charge is 0.103 e. The molecular weight excluding hydrogens is 300 g/mol. The van der Waals surface area contributed by atoms with E-state index < -0.39 is 0 Å². The molecule has 3 rings (SSSR count). The van der Waals surface area contributed by atoms with Crippen molar-refractivity contribution in [2.24, 2.45) is 0 Å². The van der Waals surface area contributed by atoms with Gasteiger partial charge < -0.3 is 0 Å². The lowest BCUT2D eigenvalue weighted by Crippen LogP contribution is -1.84. The van der Waals surface area contributed by atoms with Gasteiger partial charge in [0.25, 0.3) is 0 Å². The molecule has 0 unspecified atom stereocenters. The summed E-state index contributed by atoms with van der Waals surface area (Å²) in [6.07, 6.45) is 4.00. The maximum Gasteiger partial charge on any atom is 0.0249 e. The summed E-state index contributed by atoms with van der Waals surface area (Å²) >= 11 is 0. The first-order chi connectivity index (χ1) is 12.2. The highest BCUT2D eigenvalue weighted by Gasteiger charge is 1.97. The van der Waals surface area contributed by atoms with Crippen LogP contribution in [0.1, 0.15) is 28.7 Å². The minimum atomic E-state index is 1.01. The summed E-state index contributed by atoms with van der Waals surface area (Å²) in [5.74, 6) is 6.49. The summed E-state index contributed by atoms with van der Waals surface area (Å²) in [6.45, 7) is 5.87. The second kappa shape index (κ2) is 8.18. The van der Waals surface area contributed by atoms with Gasteiger partial charge in [-0.25, -0.2) is 0 Å². The summed E-state index contributed by atoms with van der Waals surface area (Å²) in [5, 5.41) is 0. The molecule has 0 atom stereocenters. The van der Waals surface area contributed by atoms with E-state index in [2.05, 4.69) is 98.1 Å². The summed E-state index contributed by atoms with van der Waals surface area (Å²) in [6, 6.07) is 25.5. The topological polar surface area (TPSA) is 0 Å². The van der Waals surface area contributed by atoms with Crippen LogP contribution in [0.3, 0.4) is 0 Å². The fourth-order valence-electron chi connectivity index (χ4n) is 2.66. The molecule has 0 spiro atoms. The van der Waals surface area contributed by atoms with Crippen LogP contribution >= 0.6 is 0 Å². The molecule has 0 bridgehead atoms. The first kappa shape index (κ1) is 16.8. The van der Waals surface area contributed by atoms with Crippen LogP contribution in [-0.4, -0.2) is 0 Å². The summed E-state index contributed by atoms with van der Waals surface area (Å²) < 4.78 is 0. The van der Waals surface area contributed by atoms with Gasteiger partial charge >= 0.3 is 0 Å². The highest BCUT2D eigenvalue weighted by atomic mass is 14.0. The molecule has 3 aromatic carbocycles. The quantitative estimate of drug-likeness (QED) is 0.397. The SMILES string of the molecule is C=CCCc1ccc(C#Cc2ccc(-c3ccc(C)cc3)cc2)cc1. The van der Waals surface area contributed by atoms with E-state index in [1.165, 1.54) is 22.3 Å². The molecule has 0 heteroatoms. The third-order valence-corrected chi connectivity index (χ3v) is 4.21. The van der Waals surface area contributed by atoms with Gasteiger partial charge in [-0.3, -0.25) is 0 Å². The Hall–Kier alpha value is -3.04. The standard InChI is InChI=1S/C25H22/c1-3-4-5-21-8-10-22(11-9-21)12-13-23-14-18-25(19-15-23)24-16-6-20(2)7-17-24/h3,6-11,14-19H,1,4-5H2,2H3. The molecule has 3 aromatic rings. The lowest BCUT2D eigenvalue weighted by Gasteiger charge is -2.02. The molecule has 0 aromatic heterocycles. The third kappa shape index (κ3) is 4.72. The van der Waals surface area contributed by atoms with Gasteiger partial charge in [-0.1, -0.05) is 72.0 Å². The number of rotatable bonds is 4. The second-order valence-corrected chi connectivity index (χ2v) is 6.22. The molecule has 0 saturated heterocycles. The average Bonchev–Trinajstić information content (AvgIpc) is 2.67. The van der Waals surface area contributed by atoms with Gasteiger partial charge in [0.1, 0.15) is 0 Å².